The Labute approximate surface area is 102 Å². The lowest BCUT2D eigenvalue weighted by atomic mass is 9.94. The summed E-state index contributed by atoms with van der Waals surface area (Å²) in [5.74, 6) is 0.889. The second-order valence-corrected chi connectivity index (χ2v) is 5.20. The number of rotatable bonds is 2. The molecule has 3 rings (SSSR count). The normalized spacial score (nSPS) is 27.0. The third-order valence-electron chi connectivity index (χ3n) is 3.92. The smallest absolute Gasteiger partial charge is 0.231 e. The molecular weight excluding hydrogens is 212 g/mol. The maximum Gasteiger partial charge on any atom is 0.231 e. The first-order chi connectivity index (χ1) is 8.24. The van der Waals surface area contributed by atoms with Gasteiger partial charge in [-0.2, -0.15) is 0 Å². The summed E-state index contributed by atoms with van der Waals surface area (Å²) in [6.45, 7) is 4.25. The standard InChI is InChI=1S/C14H18N2O/c1-9-12-7-10(6-11-4-5-15-8-11)2-3-13(12)16-14(9)17/h2-3,7,9,11,15H,4-6,8H2,1H3,(H,16,17). The van der Waals surface area contributed by atoms with E-state index in [4.69, 9.17) is 0 Å². The Morgan fingerprint density at radius 2 is 2.29 bits per heavy atom. The van der Waals surface area contributed by atoms with Crippen LogP contribution in [0.1, 0.15) is 30.4 Å². The van der Waals surface area contributed by atoms with Gasteiger partial charge < -0.3 is 10.6 Å². The average Bonchev–Trinajstić information content (AvgIpc) is 2.91. The monoisotopic (exact) mass is 230 g/mol. The van der Waals surface area contributed by atoms with E-state index in [9.17, 15) is 4.79 Å². The zero-order valence-electron chi connectivity index (χ0n) is 10.1. The fourth-order valence-electron chi connectivity index (χ4n) is 2.82. The third-order valence-corrected chi connectivity index (χ3v) is 3.92. The van der Waals surface area contributed by atoms with Crippen LogP contribution in [0.4, 0.5) is 5.69 Å². The van der Waals surface area contributed by atoms with Gasteiger partial charge in [-0.1, -0.05) is 12.1 Å². The van der Waals surface area contributed by atoms with Crippen LogP contribution in [0.15, 0.2) is 18.2 Å². The molecule has 2 unspecified atom stereocenters. The van der Waals surface area contributed by atoms with E-state index in [1.807, 2.05) is 6.92 Å². The Morgan fingerprint density at radius 1 is 1.41 bits per heavy atom. The van der Waals surface area contributed by atoms with Crippen molar-refractivity contribution >= 4 is 11.6 Å². The third kappa shape index (κ3) is 1.95. The van der Waals surface area contributed by atoms with E-state index in [0.717, 1.165) is 31.1 Å². The number of amides is 1. The fourth-order valence-corrected chi connectivity index (χ4v) is 2.82. The Morgan fingerprint density at radius 3 is 3.06 bits per heavy atom. The molecule has 0 spiro atoms. The van der Waals surface area contributed by atoms with E-state index >= 15 is 0 Å². The van der Waals surface area contributed by atoms with Gasteiger partial charge in [0.2, 0.25) is 5.91 Å². The van der Waals surface area contributed by atoms with Crippen molar-refractivity contribution in [3.8, 4) is 0 Å². The number of hydrogen-bond donors (Lipinski definition) is 2. The maximum absolute atomic E-state index is 11.6. The first kappa shape index (κ1) is 10.8. The average molecular weight is 230 g/mol. The number of carbonyl (C=O) groups excluding carboxylic acids is 1. The van der Waals surface area contributed by atoms with Crippen LogP contribution in [0.2, 0.25) is 0 Å². The van der Waals surface area contributed by atoms with Crippen molar-refractivity contribution in [1.29, 1.82) is 0 Å². The van der Waals surface area contributed by atoms with Crippen LogP contribution in [0.3, 0.4) is 0 Å². The van der Waals surface area contributed by atoms with Gasteiger partial charge in [0.1, 0.15) is 0 Å². The van der Waals surface area contributed by atoms with Crippen LogP contribution in [0.5, 0.6) is 0 Å². The zero-order valence-corrected chi connectivity index (χ0v) is 10.1. The van der Waals surface area contributed by atoms with Crippen LogP contribution < -0.4 is 10.6 Å². The van der Waals surface area contributed by atoms with Gasteiger partial charge in [0.25, 0.3) is 0 Å². The van der Waals surface area contributed by atoms with Gasteiger partial charge >= 0.3 is 0 Å². The van der Waals surface area contributed by atoms with Gasteiger partial charge in [-0.15, -0.1) is 0 Å². The van der Waals surface area contributed by atoms with Crippen molar-refractivity contribution in [2.75, 3.05) is 18.4 Å². The summed E-state index contributed by atoms with van der Waals surface area (Å²) in [5.41, 5.74) is 3.52. The van der Waals surface area contributed by atoms with E-state index in [0.29, 0.717) is 0 Å². The Hall–Kier alpha value is -1.35. The summed E-state index contributed by atoms with van der Waals surface area (Å²) in [6, 6.07) is 6.40. The predicted molar refractivity (Wildman–Crippen MR) is 68.2 cm³/mol. The molecule has 0 aliphatic carbocycles. The minimum Gasteiger partial charge on any atom is -0.325 e. The molecule has 2 atom stereocenters. The highest BCUT2D eigenvalue weighted by molar-refractivity contribution is 6.02. The molecule has 0 saturated carbocycles. The highest BCUT2D eigenvalue weighted by atomic mass is 16.2. The van der Waals surface area contributed by atoms with Crippen molar-refractivity contribution in [2.24, 2.45) is 5.92 Å². The van der Waals surface area contributed by atoms with Crippen LogP contribution >= 0.6 is 0 Å². The Balaban J connectivity index is 1.81. The first-order valence-electron chi connectivity index (χ1n) is 6.38. The number of anilines is 1. The second kappa shape index (κ2) is 4.15. The van der Waals surface area contributed by atoms with Crippen LogP contribution in [0.25, 0.3) is 0 Å². The lowest BCUT2D eigenvalue weighted by Crippen LogP contribution is -2.10. The number of benzene rings is 1. The summed E-state index contributed by atoms with van der Waals surface area (Å²) in [6.07, 6.45) is 2.39. The summed E-state index contributed by atoms with van der Waals surface area (Å²) >= 11 is 0. The predicted octanol–water partition coefficient (Wildman–Crippen LogP) is 1.89. The molecule has 1 amide bonds. The molecular formula is C14H18N2O. The van der Waals surface area contributed by atoms with Gasteiger partial charge in [-0.25, -0.2) is 0 Å². The summed E-state index contributed by atoms with van der Waals surface area (Å²) in [5, 5.41) is 6.31. The molecule has 0 aromatic heterocycles. The molecule has 2 heterocycles. The zero-order chi connectivity index (χ0) is 11.8. The number of hydrogen-bond acceptors (Lipinski definition) is 2. The highest BCUT2D eigenvalue weighted by Gasteiger charge is 2.26. The minimum atomic E-state index is 0.00616. The number of nitrogens with one attached hydrogen (secondary N) is 2. The van der Waals surface area contributed by atoms with Crippen molar-refractivity contribution in [2.45, 2.75) is 25.7 Å². The molecule has 90 valence electrons. The van der Waals surface area contributed by atoms with Crippen molar-refractivity contribution in [3.63, 3.8) is 0 Å². The molecule has 3 heteroatoms. The van der Waals surface area contributed by atoms with Gasteiger partial charge in [0.05, 0.1) is 5.92 Å². The van der Waals surface area contributed by atoms with Crippen molar-refractivity contribution in [3.05, 3.63) is 29.3 Å². The van der Waals surface area contributed by atoms with E-state index in [2.05, 4.69) is 28.8 Å². The molecule has 1 saturated heterocycles. The van der Waals surface area contributed by atoms with E-state index in [1.54, 1.807) is 0 Å². The van der Waals surface area contributed by atoms with E-state index in [1.165, 1.54) is 17.5 Å². The lowest BCUT2D eigenvalue weighted by Gasteiger charge is -2.10. The summed E-state index contributed by atoms with van der Waals surface area (Å²) < 4.78 is 0. The number of carbonyl (C=O) groups is 1. The van der Waals surface area contributed by atoms with E-state index < -0.39 is 0 Å². The molecule has 1 aromatic carbocycles. The molecule has 1 fully saturated rings. The molecule has 0 radical (unpaired) electrons. The van der Waals surface area contributed by atoms with Crippen LogP contribution in [-0.4, -0.2) is 19.0 Å². The molecule has 0 bridgehead atoms. The van der Waals surface area contributed by atoms with Crippen LogP contribution in [0, 0.1) is 5.92 Å². The van der Waals surface area contributed by atoms with Gasteiger partial charge in [-0.3, -0.25) is 4.79 Å². The molecule has 2 N–H and O–H groups in total. The first-order valence-corrected chi connectivity index (χ1v) is 6.38. The van der Waals surface area contributed by atoms with Gasteiger partial charge in [0, 0.05) is 5.69 Å². The van der Waals surface area contributed by atoms with Crippen LogP contribution in [-0.2, 0) is 11.2 Å². The van der Waals surface area contributed by atoms with E-state index in [-0.39, 0.29) is 11.8 Å². The largest absolute Gasteiger partial charge is 0.325 e. The Kier molecular flexibility index (Phi) is 2.63. The molecule has 3 nitrogen and oxygen atoms in total. The van der Waals surface area contributed by atoms with Crippen molar-refractivity contribution in [1.82, 2.24) is 5.32 Å². The SMILES string of the molecule is CC1C(=O)Nc2ccc(CC3CCNC3)cc21. The maximum atomic E-state index is 11.6. The lowest BCUT2D eigenvalue weighted by molar-refractivity contribution is -0.116. The molecule has 2 aliphatic rings. The van der Waals surface area contributed by atoms with Crippen molar-refractivity contribution < 1.29 is 4.79 Å². The molecule has 2 aliphatic heterocycles. The quantitative estimate of drug-likeness (QED) is 0.814. The molecule has 1 aromatic rings. The second-order valence-electron chi connectivity index (χ2n) is 5.20. The topological polar surface area (TPSA) is 41.1 Å². The summed E-state index contributed by atoms with van der Waals surface area (Å²) in [4.78, 5) is 11.6. The highest BCUT2D eigenvalue weighted by Crippen LogP contribution is 2.33. The number of fused-ring (bicyclic) bond motifs is 1. The fraction of sp³-hybridized carbons (Fsp3) is 0.500. The molecule has 17 heavy (non-hydrogen) atoms. The Bertz CT molecular complexity index is 450. The van der Waals surface area contributed by atoms with Gasteiger partial charge in [-0.05, 0) is 56.0 Å². The summed E-state index contributed by atoms with van der Waals surface area (Å²) in [7, 11) is 0. The van der Waals surface area contributed by atoms with Gasteiger partial charge in [0.15, 0.2) is 0 Å². The minimum absolute atomic E-state index is 0.00616.